The van der Waals surface area contributed by atoms with Crippen molar-refractivity contribution in [2.45, 2.75) is 0 Å². The molecule has 17 heavy (non-hydrogen) atoms. The van der Waals surface area contributed by atoms with Crippen molar-refractivity contribution in [1.82, 2.24) is 4.98 Å². The second-order valence-electron chi connectivity index (χ2n) is 3.25. The van der Waals surface area contributed by atoms with Crippen molar-refractivity contribution in [3.05, 3.63) is 51.9 Å². The lowest BCUT2D eigenvalue weighted by Gasteiger charge is -2.04. The quantitative estimate of drug-likeness (QED) is 0.701. The van der Waals surface area contributed by atoms with E-state index in [0.717, 1.165) is 0 Å². The maximum absolute atomic E-state index is 13.4. The molecule has 0 saturated heterocycles. The van der Waals surface area contributed by atoms with Crippen molar-refractivity contribution in [3.8, 4) is 11.3 Å². The minimum absolute atomic E-state index is 0.180. The Kier molecular flexibility index (Phi) is 3.26. The van der Waals surface area contributed by atoms with Gasteiger partial charge in [-0.25, -0.2) is 13.8 Å². The van der Waals surface area contributed by atoms with E-state index < -0.39 is 17.6 Å². The Hall–Kier alpha value is -1.26. The summed E-state index contributed by atoms with van der Waals surface area (Å²) in [5.74, 6) is -3.71. The lowest BCUT2D eigenvalue weighted by Crippen LogP contribution is -1.97. The van der Waals surface area contributed by atoms with Crippen LogP contribution >= 0.6 is 23.2 Å². The number of aromatic nitrogens is 1. The average molecular weight is 278 g/mol. The minimum atomic E-state index is -1.38. The molecule has 6 heteroatoms. The number of nitrogens with zero attached hydrogens (tertiary/aromatic N) is 1. The van der Waals surface area contributed by atoms with Crippen LogP contribution in [0.1, 0.15) is 0 Å². The van der Waals surface area contributed by atoms with Crippen molar-refractivity contribution >= 4 is 23.2 Å². The number of pyridine rings is 1. The van der Waals surface area contributed by atoms with E-state index in [9.17, 15) is 13.2 Å². The Morgan fingerprint density at radius 3 is 2.00 bits per heavy atom. The molecule has 1 aromatic heterocycles. The predicted molar refractivity (Wildman–Crippen MR) is 59.6 cm³/mol. The Bertz CT molecular complexity index is 567. The van der Waals surface area contributed by atoms with Crippen LogP contribution in [-0.4, -0.2) is 4.98 Å². The lowest BCUT2D eigenvalue weighted by atomic mass is 10.1. The Labute approximate surface area is 105 Å². The van der Waals surface area contributed by atoms with Gasteiger partial charge in [0.15, 0.2) is 11.6 Å². The van der Waals surface area contributed by atoms with Gasteiger partial charge in [-0.1, -0.05) is 23.2 Å². The summed E-state index contributed by atoms with van der Waals surface area (Å²) in [6, 6.07) is 4.57. The van der Waals surface area contributed by atoms with Gasteiger partial charge in [0, 0.05) is 21.7 Å². The highest BCUT2D eigenvalue weighted by Crippen LogP contribution is 2.28. The molecule has 2 aromatic rings. The van der Waals surface area contributed by atoms with Crippen molar-refractivity contribution in [1.29, 1.82) is 0 Å². The van der Waals surface area contributed by atoms with Crippen LogP contribution < -0.4 is 0 Å². The highest BCUT2D eigenvalue weighted by atomic mass is 35.5. The fourth-order valence-electron chi connectivity index (χ4n) is 1.34. The maximum Gasteiger partial charge on any atom is 0.249 e. The monoisotopic (exact) mass is 277 g/mol. The van der Waals surface area contributed by atoms with Gasteiger partial charge in [0.25, 0.3) is 0 Å². The molecule has 0 unspecified atom stereocenters. The number of halogens is 5. The van der Waals surface area contributed by atoms with Gasteiger partial charge in [-0.05, 0) is 18.2 Å². The van der Waals surface area contributed by atoms with E-state index in [2.05, 4.69) is 4.98 Å². The summed E-state index contributed by atoms with van der Waals surface area (Å²) in [7, 11) is 0. The molecular weight excluding hydrogens is 274 g/mol. The van der Waals surface area contributed by atoms with Gasteiger partial charge in [-0.15, -0.1) is 0 Å². The van der Waals surface area contributed by atoms with Gasteiger partial charge >= 0.3 is 0 Å². The molecule has 0 aliphatic rings. The second-order valence-corrected chi connectivity index (χ2v) is 4.12. The summed E-state index contributed by atoms with van der Waals surface area (Å²) in [5, 5.41) is 0.497. The first kappa shape index (κ1) is 12.2. The molecule has 1 heterocycles. The zero-order valence-corrected chi connectivity index (χ0v) is 9.66. The third-order valence-electron chi connectivity index (χ3n) is 2.02. The molecule has 0 bridgehead atoms. The van der Waals surface area contributed by atoms with Gasteiger partial charge in [-0.3, -0.25) is 0 Å². The van der Waals surface area contributed by atoms with Crippen molar-refractivity contribution < 1.29 is 13.2 Å². The first-order chi connectivity index (χ1) is 7.97. The topological polar surface area (TPSA) is 12.9 Å². The third-order valence-corrected chi connectivity index (χ3v) is 2.46. The van der Waals surface area contributed by atoms with E-state index in [1.165, 1.54) is 18.2 Å². The molecule has 0 amide bonds. The van der Waals surface area contributed by atoms with Crippen LogP contribution in [0, 0.1) is 17.6 Å². The van der Waals surface area contributed by atoms with Crippen LogP contribution in [-0.2, 0) is 0 Å². The molecule has 0 atom stereocenters. The van der Waals surface area contributed by atoms with E-state index in [1.807, 2.05) is 0 Å². The van der Waals surface area contributed by atoms with Crippen LogP contribution in [0.3, 0.4) is 0 Å². The third kappa shape index (κ3) is 2.53. The summed E-state index contributed by atoms with van der Waals surface area (Å²) in [4.78, 5) is 3.19. The predicted octanol–water partition coefficient (Wildman–Crippen LogP) is 4.47. The normalized spacial score (nSPS) is 10.6. The number of hydrogen-bond donors (Lipinski definition) is 0. The summed E-state index contributed by atoms with van der Waals surface area (Å²) in [6.45, 7) is 0. The second kappa shape index (κ2) is 4.55. The zero-order valence-electron chi connectivity index (χ0n) is 8.15. The van der Waals surface area contributed by atoms with Crippen molar-refractivity contribution in [2.24, 2.45) is 0 Å². The summed E-state index contributed by atoms with van der Waals surface area (Å²) < 4.78 is 39.1. The van der Waals surface area contributed by atoms with E-state index >= 15 is 0 Å². The standard InChI is InChI=1S/C11H4Cl2F3N/c12-6-1-5(2-7(13)3-6)10-8(14)4-9(15)11(16)17-10/h1-4H. The van der Waals surface area contributed by atoms with E-state index in [0.29, 0.717) is 6.07 Å². The van der Waals surface area contributed by atoms with Gasteiger partial charge < -0.3 is 0 Å². The number of rotatable bonds is 1. The molecule has 88 valence electrons. The SMILES string of the molecule is Fc1cc(F)c(-c2cc(Cl)cc(Cl)c2)nc1F. The van der Waals surface area contributed by atoms with Crippen molar-refractivity contribution in [3.63, 3.8) is 0 Å². The van der Waals surface area contributed by atoms with Gasteiger partial charge in [-0.2, -0.15) is 4.39 Å². The molecule has 0 aliphatic heterocycles. The molecule has 0 N–H and O–H groups in total. The van der Waals surface area contributed by atoms with Crippen LogP contribution in [0.15, 0.2) is 24.3 Å². The summed E-state index contributed by atoms with van der Waals surface area (Å²) in [5.41, 5.74) is -0.160. The molecule has 0 aliphatic carbocycles. The summed E-state index contributed by atoms with van der Waals surface area (Å²) >= 11 is 11.4. The molecular formula is C11H4Cl2F3N. The maximum atomic E-state index is 13.4. The van der Waals surface area contributed by atoms with E-state index in [-0.39, 0.29) is 21.3 Å². The van der Waals surface area contributed by atoms with Gasteiger partial charge in [0.2, 0.25) is 5.95 Å². The molecule has 2 rings (SSSR count). The molecule has 0 radical (unpaired) electrons. The largest absolute Gasteiger partial charge is 0.249 e. The van der Waals surface area contributed by atoms with Crippen LogP contribution in [0.4, 0.5) is 13.2 Å². The number of benzene rings is 1. The highest BCUT2D eigenvalue weighted by molar-refractivity contribution is 6.35. The van der Waals surface area contributed by atoms with E-state index in [4.69, 9.17) is 23.2 Å². The van der Waals surface area contributed by atoms with Crippen LogP contribution in [0.25, 0.3) is 11.3 Å². The molecule has 0 fully saturated rings. The average Bonchev–Trinajstić information content (AvgIpc) is 2.22. The fraction of sp³-hybridized carbons (Fsp3) is 0. The van der Waals surface area contributed by atoms with Crippen molar-refractivity contribution in [2.75, 3.05) is 0 Å². The molecule has 1 aromatic carbocycles. The van der Waals surface area contributed by atoms with Crippen LogP contribution in [0.5, 0.6) is 0 Å². The Morgan fingerprint density at radius 2 is 1.41 bits per heavy atom. The minimum Gasteiger partial charge on any atom is -0.214 e. The summed E-state index contributed by atoms with van der Waals surface area (Å²) in [6.07, 6.45) is 0. The smallest absolute Gasteiger partial charge is 0.214 e. The molecule has 0 saturated carbocycles. The first-order valence-electron chi connectivity index (χ1n) is 4.45. The van der Waals surface area contributed by atoms with Gasteiger partial charge in [0.05, 0.1) is 0 Å². The fourth-order valence-corrected chi connectivity index (χ4v) is 1.86. The first-order valence-corrected chi connectivity index (χ1v) is 5.21. The Balaban J connectivity index is 2.64. The van der Waals surface area contributed by atoms with Gasteiger partial charge in [0.1, 0.15) is 5.69 Å². The van der Waals surface area contributed by atoms with E-state index in [1.54, 1.807) is 0 Å². The molecule has 0 spiro atoms. The zero-order chi connectivity index (χ0) is 12.6. The number of hydrogen-bond acceptors (Lipinski definition) is 1. The Morgan fingerprint density at radius 1 is 0.824 bits per heavy atom. The molecule has 1 nitrogen and oxygen atoms in total. The lowest BCUT2D eigenvalue weighted by molar-refractivity contribution is 0.466. The van der Waals surface area contributed by atoms with Crippen LogP contribution in [0.2, 0.25) is 10.0 Å². The highest BCUT2D eigenvalue weighted by Gasteiger charge is 2.14.